The van der Waals surface area contributed by atoms with Gasteiger partial charge in [-0.3, -0.25) is 24.6 Å². The zero-order valence-electron chi connectivity index (χ0n) is 20.5. The fraction of sp³-hybridized carbons (Fsp3) is 0.423. The maximum Gasteiger partial charge on any atom is 0.253 e. The van der Waals surface area contributed by atoms with Crippen molar-refractivity contribution in [2.24, 2.45) is 0 Å². The first-order chi connectivity index (χ1) is 17.7. The Morgan fingerprint density at radius 3 is 2.68 bits per heavy atom. The Hall–Kier alpha value is -3.22. The van der Waals surface area contributed by atoms with Crippen molar-refractivity contribution in [1.82, 2.24) is 15.1 Å². The predicted molar refractivity (Wildman–Crippen MR) is 129 cm³/mol. The van der Waals surface area contributed by atoms with Crippen LogP contribution in [-0.2, 0) is 33.4 Å². The minimum atomic E-state index is -2.34. The number of aliphatic hydroxyl groups is 2. The summed E-state index contributed by atoms with van der Waals surface area (Å²) in [5.41, 5.74) is 1.06. The molecule has 2 saturated heterocycles. The first-order valence-corrected chi connectivity index (χ1v) is 12.0. The van der Waals surface area contributed by atoms with E-state index in [0.717, 1.165) is 6.07 Å². The van der Waals surface area contributed by atoms with Crippen molar-refractivity contribution >= 4 is 18.1 Å². The molecule has 2 aliphatic rings. The summed E-state index contributed by atoms with van der Waals surface area (Å²) in [5, 5.41) is 23.5. The summed E-state index contributed by atoms with van der Waals surface area (Å²) < 4.78 is 26.1. The van der Waals surface area contributed by atoms with Crippen molar-refractivity contribution in [3.8, 4) is 5.75 Å². The van der Waals surface area contributed by atoms with Gasteiger partial charge in [-0.25, -0.2) is 9.29 Å². The molecule has 0 radical (unpaired) electrons. The van der Waals surface area contributed by atoms with E-state index >= 15 is 0 Å². The lowest BCUT2D eigenvalue weighted by atomic mass is 10.0. The Kier molecular flexibility index (Phi) is 8.30. The minimum Gasteiger partial charge on any atom is -0.488 e. The Bertz CT molecular complexity index is 1170. The second kappa shape index (κ2) is 11.4. The number of carbonyl (C=O) groups excluding carboxylic acids is 3. The van der Waals surface area contributed by atoms with Gasteiger partial charge >= 0.3 is 0 Å². The third-order valence-corrected chi connectivity index (χ3v) is 6.72. The highest BCUT2D eigenvalue weighted by atomic mass is 19.1. The molecule has 2 fully saturated rings. The Labute approximate surface area is 213 Å². The summed E-state index contributed by atoms with van der Waals surface area (Å²) in [4.78, 5) is 38.6. The summed E-state index contributed by atoms with van der Waals surface area (Å²) in [5.74, 6) is -3.38. The van der Waals surface area contributed by atoms with Crippen LogP contribution >= 0.6 is 0 Å². The van der Waals surface area contributed by atoms with Gasteiger partial charge in [0, 0.05) is 48.3 Å². The van der Waals surface area contributed by atoms with E-state index in [1.807, 2.05) is 0 Å². The lowest BCUT2D eigenvalue weighted by Gasteiger charge is -2.37. The molecule has 11 heteroatoms. The molecule has 4 rings (SSSR count). The van der Waals surface area contributed by atoms with Gasteiger partial charge < -0.3 is 19.7 Å². The Morgan fingerprint density at radius 1 is 1.24 bits per heavy atom. The highest BCUT2D eigenvalue weighted by Crippen LogP contribution is 2.28. The van der Waals surface area contributed by atoms with Crippen LogP contribution in [0.1, 0.15) is 39.9 Å². The van der Waals surface area contributed by atoms with Crippen LogP contribution in [0.4, 0.5) is 4.39 Å². The zero-order valence-corrected chi connectivity index (χ0v) is 20.5. The number of rotatable bonds is 9. The van der Waals surface area contributed by atoms with Crippen molar-refractivity contribution in [1.29, 1.82) is 0 Å². The van der Waals surface area contributed by atoms with Gasteiger partial charge in [-0.05, 0) is 25.6 Å². The number of hydrogen-bond acceptors (Lipinski definition) is 9. The molecule has 37 heavy (non-hydrogen) atoms. The number of aldehydes is 1. The Balaban J connectivity index is 1.49. The first-order valence-electron chi connectivity index (χ1n) is 12.0. The van der Waals surface area contributed by atoms with E-state index in [4.69, 9.17) is 9.47 Å². The highest BCUT2D eigenvalue weighted by Gasteiger charge is 2.36. The summed E-state index contributed by atoms with van der Waals surface area (Å²) >= 11 is 0. The number of nitrogens with zero attached hydrogens (tertiary/aromatic N) is 2. The monoisotopic (exact) mass is 515 g/mol. The number of amides is 2. The van der Waals surface area contributed by atoms with Crippen LogP contribution in [-0.4, -0.2) is 77.5 Å². The standard InChI is InChI=1S/C26H30FN3O7/c1-29(22-7-8-24(32)28-25(22)33)14-20-17(15-31)3-2-4-23(20)37-16-18-5-6-19(13-21(18)27)26(34,35)30-9-11-36-12-10-30/h2-6,13,15,22,34-35H,7-12,14,16H2,1H3,(H,28,32,33)/t22-/m0/s1. The molecule has 0 saturated carbocycles. The molecule has 0 aliphatic carbocycles. The molecule has 198 valence electrons. The van der Waals surface area contributed by atoms with Crippen LogP contribution in [0.5, 0.6) is 5.75 Å². The van der Waals surface area contributed by atoms with E-state index < -0.39 is 23.7 Å². The molecule has 3 N–H and O–H groups in total. The van der Waals surface area contributed by atoms with E-state index in [1.54, 1.807) is 30.1 Å². The number of nitrogens with one attached hydrogen (secondary N) is 1. The SMILES string of the molecule is CN(Cc1c(C=O)cccc1OCc1ccc(C(O)(O)N2CCOCC2)cc1F)[C@H]1CCC(=O)NC1=O. The lowest BCUT2D eigenvalue weighted by molar-refractivity contribution is -0.287. The number of imide groups is 1. The predicted octanol–water partition coefficient (Wildman–Crippen LogP) is 0.881. The van der Waals surface area contributed by atoms with Gasteiger partial charge in [0.1, 0.15) is 18.2 Å². The molecule has 0 unspecified atom stereocenters. The number of benzene rings is 2. The van der Waals surface area contributed by atoms with Crippen molar-refractivity contribution in [2.75, 3.05) is 33.4 Å². The molecule has 1 atom stereocenters. The normalized spacial score (nSPS) is 19.1. The number of morpholine rings is 1. The summed E-state index contributed by atoms with van der Waals surface area (Å²) in [7, 11) is 1.72. The van der Waals surface area contributed by atoms with E-state index in [9.17, 15) is 29.0 Å². The van der Waals surface area contributed by atoms with Gasteiger partial charge in [-0.1, -0.05) is 24.3 Å². The maximum atomic E-state index is 14.9. The first kappa shape index (κ1) is 26.8. The molecule has 2 aromatic rings. The fourth-order valence-corrected chi connectivity index (χ4v) is 4.55. The van der Waals surface area contributed by atoms with Gasteiger partial charge in [0.2, 0.25) is 11.8 Å². The van der Waals surface area contributed by atoms with E-state index in [-0.39, 0.29) is 36.6 Å². The van der Waals surface area contributed by atoms with Crippen molar-refractivity contribution in [2.45, 2.75) is 37.9 Å². The summed E-state index contributed by atoms with van der Waals surface area (Å²) in [6.07, 6.45) is 1.27. The maximum absolute atomic E-state index is 14.9. The van der Waals surface area contributed by atoms with Gasteiger partial charge in [-0.2, -0.15) is 0 Å². The van der Waals surface area contributed by atoms with Crippen LogP contribution in [0, 0.1) is 5.82 Å². The van der Waals surface area contributed by atoms with Gasteiger partial charge in [0.05, 0.1) is 19.3 Å². The average molecular weight is 516 g/mol. The highest BCUT2D eigenvalue weighted by molar-refractivity contribution is 6.00. The molecule has 10 nitrogen and oxygen atoms in total. The van der Waals surface area contributed by atoms with E-state index in [2.05, 4.69) is 5.32 Å². The fourth-order valence-electron chi connectivity index (χ4n) is 4.55. The van der Waals surface area contributed by atoms with Crippen molar-refractivity contribution in [3.63, 3.8) is 0 Å². The number of halogens is 1. The minimum absolute atomic E-state index is 0.00911. The molecular formula is C26H30FN3O7. The van der Waals surface area contributed by atoms with Crippen molar-refractivity contribution in [3.05, 3.63) is 64.5 Å². The number of ether oxygens (including phenoxy) is 2. The largest absolute Gasteiger partial charge is 0.488 e. The molecule has 0 aromatic heterocycles. The molecule has 2 amide bonds. The van der Waals surface area contributed by atoms with Crippen LogP contribution in [0.25, 0.3) is 0 Å². The Morgan fingerprint density at radius 2 is 2.00 bits per heavy atom. The average Bonchev–Trinajstić information content (AvgIpc) is 2.88. The zero-order chi connectivity index (χ0) is 26.6. The molecule has 0 spiro atoms. The third kappa shape index (κ3) is 6.03. The number of hydrogen-bond donors (Lipinski definition) is 3. The quantitative estimate of drug-likeness (QED) is 0.253. The van der Waals surface area contributed by atoms with Gasteiger partial charge in [-0.15, -0.1) is 0 Å². The van der Waals surface area contributed by atoms with E-state index in [0.29, 0.717) is 55.9 Å². The smallest absolute Gasteiger partial charge is 0.253 e. The molecule has 0 bridgehead atoms. The number of piperidine rings is 1. The number of likely N-dealkylation sites (N-methyl/N-ethyl adjacent to an activating group) is 1. The molecular weight excluding hydrogens is 485 g/mol. The molecule has 2 aromatic carbocycles. The van der Waals surface area contributed by atoms with E-state index in [1.165, 1.54) is 17.0 Å². The van der Waals surface area contributed by atoms with Crippen LogP contribution in [0.3, 0.4) is 0 Å². The third-order valence-electron chi connectivity index (χ3n) is 6.72. The van der Waals surface area contributed by atoms with Crippen molar-refractivity contribution < 1.29 is 38.5 Å². The summed E-state index contributed by atoms with van der Waals surface area (Å²) in [6.45, 7) is 1.29. The van der Waals surface area contributed by atoms with Crippen LogP contribution in [0.15, 0.2) is 36.4 Å². The summed E-state index contributed by atoms with van der Waals surface area (Å²) in [6, 6.07) is 8.28. The van der Waals surface area contributed by atoms with Gasteiger partial charge in [0.25, 0.3) is 5.91 Å². The second-order valence-corrected chi connectivity index (χ2v) is 9.15. The lowest BCUT2D eigenvalue weighted by Crippen LogP contribution is -2.51. The van der Waals surface area contributed by atoms with Gasteiger partial charge in [0.15, 0.2) is 6.29 Å². The van der Waals surface area contributed by atoms with Crippen LogP contribution < -0.4 is 10.1 Å². The number of carbonyl (C=O) groups is 3. The molecule has 2 aliphatic heterocycles. The van der Waals surface area contributed by atoms with Crippen LogP contribution in [0.2, 0.25) is 0 Å². The topological polar surface area (TPSA) is 129 Å². The second-order valence-electron chi connectivity index (χ2n) is 9.15. The molecule has 2 heterocycles.